The summed E-state index contributed by atoms with van der Waals surface area (Å²) in [6.07, 6.45) is 0. The van der Waals surface area contributed by atoms with Gasteiger partial charge < -0.3 is 11.1 Å². The summed E-state index contributed by atoms with van der Waals surface area (Å²) in [5, 5.41) is 3.01. The molecule has 0 fully saturated rings. The van der Waals surface area contributed by atoms with Crippen molar-refractivity contribution in [3.05, 3.63) is 47.9 Å². The predicted octanol–water partition coefficient (Wildman–Crippen LogP) is 2.85. The molecule has 16 heavy (non-hydrogen) atoms. The molecule has 0 unspecified atom stereocenters. The van der Waals surface area contributed by atoms with Gasteiger partial charge in [-0.1, -0.05) is 6.07 Å². The SMILES string of the molecule is Cc1nc(Nc2cccc(F)c2)ccc1N. The number of nitrogens with one attached hydrogen (secondary N) is 1. The van der Waals surface area contributed by atoms with E-state index < -0.39 is 0 Å². The molecule has 0 saturated heterocycles. The molecule has 82 valence electrons. The number of hydrogen-bond donors (Lipinski definition) is 2. The summed E-state index contributed by atoms with van der Waals surface area (Å²) in [6.45, 7) is 1.83. The van der Waals surface area contributed by atoms with Crippen LogP contribution in [0.2, 0.25) is 0 Å². The van der Waals surface area contributed by atoms with Gasteiger partial charge in [-0.3, -0.25) is 0 Å². The molecule has 0 amide bonds. The second-order valence-corrected chi connectivity index (χ2v) is 3.51. The minimum atomic E-state index is -0.280. The smallest absolute Gasteiger partial charge is 0.130 e. The predicted molar refractivity (Wildman–Crippen MR) is 63.1 cm³/mol. The molecule has 0 aliphatic carbocycles. The first-order valence-corrected chi connectivity index (χ1v) is 4.91. The standard InChI is InChI=1S/C12H12FN3/c1-8-11(14)5-6-12(15-8)16-10-4-2-3-9(13)7-10/h2-7H,14H2,1H3,(H,15,16). The lowest BCUT2D eigenvalue weighted by molar-refractivity contribution is 0.628. The number of nitrogens with zero attached hydrogens (tertiary/aromatic N) is 1. The number of rotatable bonds is 2. The van der Waals surface area contributed by atoms with Gasteiger partial charge in [0.05, 0.1) is 11.4 Å². The first-order valence-electron chi connectivity index (χ1n) is 4.91. The summed E-state index contributed by atoms with van der Waals surface area (Å²) in [6, 6.07) is 9.75. The Labute approximate surface area is 93.1 Å². The normalized spacial score (nSPS) is 10.1. The fourth-order valence-electron chi connectivity index (χ4n) is 1.36. The number of benzene rings is 1. The van der Waals surface area contributed by atoms with Crippen LogP contribution in [0.1, 0.15) is 5.69 Å². The minimum Gasteiger partial charge on any atom is -0.397 e. The van der Waals surface area contributed by atoms with Crippen molar-refractivity contribution in [3.63, 3.8) is 0 Å². The summed E-state index contributed by atoms with van der Waals surface area (Å²) < 4.78 is 12.9. The van der Waals surface area contributed by atoms with E-state index in [9.17, 15) is 4.39 Å². The molecule has 1 heterocycles. The molecule has 2 aromatic rings. The minimum absolute atomic E-state index is 0.280. The van der Waals surface area contributed by atoms with Gasteiger partial charge in [-0.25, -0.2) is 9.37 Å². The fourth-order valence-corrected chi connectivity index (χ4v) is 1.36. The summed E-state index contributed by atoms with van der Waals surface area (Å²) in [4.78, 5) is 4.24. The second-order valence-electron chi connectivity index (χ2n) is 3.51. The van der Waals surface area contributed by atoms with Crippen LogP contribution in [-0.4, -0.2) is 4.98 Å². The van der Waals surface area contributed by atoms with Gasteiger partial charge in [0.2, 0.25) is 0 Å². The molecule has 0 spiro atoms. The summed E-state index contributed by atoms with van der Waals surface area (Å²) >= 11 is 0. The maximum Gasteiger partial charge on any atom is 0.130 e. The lowest BCUT2D eigenvalue weighted by Crippen LogP contribution is -1.98. The second kappa shape index (κ2) is 4.18. The molecule has 0 saturated carbocycles. The number of pyridine rings is 1. The monoisotopic (exact) mass is 217 g/mol. The molecule has 1 aromatic carbocycles. The molecular formula is C12H12FN3. The van der Waals surface area contributed by atoms with E-state index in [1.165, 1.54) is 12.1 Å². The van der Waals surface area contributed by atoms with Crippen molar-refractivity contribution >= 4 is 17.2 Å². The Morgan fingerprint density at radius 2 is 2.06 bits per heavy atom. The quantitative estimate of drug-likeness (QED) is 0.813. The van der Waals surface area contributed by atoms with Gasteiger partial charge in [-0.05, 0) is 37.3 Å². The van der Waals surface area contributed by atoms with Gasteiger partial charge in [0, 0.05) is 5.69 Å². The molecule has 1 aromatic heterocycles. The summed E-state index contributed by atoms with van der Waals surface area (Å²) in [5.41, 5.74) is 7.71. The number of nitrogens with two attached hydrogens (primary N) is 1. The van der Waals surface area contributed by atoms with Gasteiger partial charge in [-0.2, -0.15) is 0 Å². The zero-order valence-electron chi connectivity index (χ0n) is 8.87. The van der Waals surface area contributed by atoms with E-state index in [1.807, 2.05) is 6.92 Å². The molecule has 0 atom stereocenters. The van der Waals surface area contributed by atoms with Crippen LogP contribution in [0.25, 0.3) is 0 Å². The molecule has 0 radical (unpaired) electrons. The number of anilines is 3. The summed E-state index contributed by atoms with van der Waals surface area (Å²) in [5.74, 6) is 0.370. The Bertz CT molecular complexity index is 511. The van der Waals surface area contributed by atoms with E-state index in [0.717, 1.165) is 5.69 Å². The highest BCUT2D eigenvalue weighted by Crippen LogP contribution is 2.17. The van der Waals surface area contributed by atoms with E-state index in [1.54, 1.807) is 24.3 Å². The van der Waals surface area contributed by atoms with Crippen molar-refractivity contribution in [1.29, 1.82) is 0 Å². The number of aromatic nitrogens is 1. The van der Waals surface area contributed by atoms with Crippen LogP contribution in [0.3, 0.4) is 0 Å². The van der Waals surface area contributed by atoms with Gasteiger partial charge in [0.25, 0.3) is 0 Å². The Morgan fingerprint density at radius 3 is 2.75 bits per heavy atom. The highest BCUT2D eigenvalue weighted by atomic mass is 19.1. The van der Waals surface area contributed by atoms with Crippen LogP contribution in [0.4, 0.5) is 21.6 Å². The maximum absolute atomic E-state index is 12.9. The fraction of sp³-hybridized carbons (Fsp3) is 0.0833. The van der Waals surface area contributed by atoms with Crippen LogP contribution >= 0.6 is 0 Å². The van der Waals surface area contributed by atoms with E-state index in [2.05, 4.69) is 10.3 Å². The highest BCUT2D eigenvalue weighted by molar-refractivity contribution is 5.58. The molecule has 0 aliphatic rings. The third-order valence-corrected chi connectivity index (χ3v) is 2.22. The molecule has 0 bridgehead atoms. The molecule has 3 nitrogen and oxygen atoms in total. The van der Waals surface area contributed by atoms with Gasteiger partial charge in [0.1, 0.15) is 11.6 Å². The van der Waals surface area contributed by atoms with E-state index in [0.29, 0.717) is 17.2 Å². The van der Waals surface area contributed by atoms with Gasteiger partial charge in [-0.15, -0.1) is 0 Å². The van der Waals surface area contributed by atoms with Crippen molar-refractivity contribution in [2.24, 2.45) is 0 Å². The van der Waals surface area contributed by atoms with E-state index >= 15 is 0 Å². The molecule has 4 heteroatoms. The number of halogens is 1. The van der Waals surface area contributed by atoms with Crippen molar-refractivity contribution in [1.82, 2.24) is 4.98 Å². The molecule has 0 aliphatic heterocycles. The van der Waals surface area contributed by atoms with Crippen molar-refractivity contribution in [2.45, 2.75) is 6.92 Å². The van der Waals surface area contributed by atoms with Crippen molar-refractivity contribution in [2.75, 3.05) is 11.1 Å². The number of hydrogen-bond acceptors (Lipinski definition) is 3. The molecular weight excluding hydrogens is 205 g/mol. The topological polar surface area (TPSA) is 50.9 Å². The van der Waals surface area contributed by atoms with Crippen LogP contribution in [0.5, 0.6) is 0 Å². The first-order chi connectivity index (χ1) is 7.65. The molecule has 2 rings (SSSR count). The van der Waals surface area contributed by atoms with Crippen LogP contribution in [0, 0.1) is 12.7 Å². The zero-order valence-corrected chi connectivity index (χ0v) is 8.87. The zero-order chi connectivity index (χ0) is 11.5. The largest absolute Gasteiger partial charge is 0.397 e. The van der Waals surface area contributed by atoms with Crippen molar-refractivity contribution in [3.8, 4) is 0 Å². The van der Waals surface area contributed by atoms with Crippen LogP contribution in [0.15, 0.2) is 36.4 Å². The van der Waals surface area contributed by atoms with Crippen molar-refractivity contribution < 1.29 is 4.39 Å². The van der Waals surface area contributed by atoms with Gasteiger partial charge >= 0.3 is 0 Å². The average molecular weight is 217 g/mol. The number of nitrogen functional groups attached to an aromatic ring is 1. The lowest BCUT2D eigenvalue weighted by atomic mass is 10.3. The highest BCUT2D eigenvalue weighted by Gasteiger charge is 1.99. The molecule has 3 N–H and O–H groups in total. The Kier molecular flexibility index (Phi) is 2.72. The Morgan fingerprint density at radius 1 is 1.25 bits per heavy atom. The van der Waals surface area contributed by atoms with E-state index in [-0.39, 0.29) is 5.82 Å². The lowest BCUT2D eigenvalue weighted by Gasteiger charge is -2.07. The Balaban J connectivity index is 2.24. The third kappa shape index (κ3) is 2.28. The maximum atomic E-state index is 12.9. The van der Waals surface area contributed by atoms with Crippen LogP contribution < -0.4 is 11.1 Å². The first kappa shape index (κ1) is 10.4. The summed E-state index contributed by atoms with van der Waals surface area (Å²) in [7, 11) is 0. The average Bonchev–Trinajstić information content (AvgIpc) is 2.24. The van der Waals surface area contributed by atoms with Gasteiger partial charge in [0.15, 0.2) is 0 Å². The van der Waals surface area contributed by atoms with Crippen LogP contribution in [-0.2, 0) is 0 Å². The Hall–Kier alpha value is -2.10. The number of aryl methyl sites for hydroxylation is 1. The third-order valence-electron chi connectivity index (χ3n) is 2.22. The van der Waals surface area contributed by atoms with E-state index in [4.69, 9.17) is 5.73 Å².